The Kier molecular flexibility index (Phi) is 4.69. The largest absolute Gasteiger partial charge is 0.462 e. The van der Waals surface area contributed by atoms with Gasteiger partial charge >= 0.3 is 12.1 Å². The molecule has 0 aromatic heterocycles. The lowest BCUT2D eigenvalue weighted by atomic mass is 10.1. The van der Waals surface area contributed by atoms with E-state index in [0.717, 1.165) is 6.07 Å². The molecule has 1 aromatic carbocycles. The molecule has 0 aliphatic carbocycles. The van der Waals surface area contributed by atoms with Gasteiger partial charge in [0.25, 0.3) is 0 Å². The normalized spacial score (nSPS) is 11.4. The van der Waals surface area contributed by atoms with Crippen LogP contribution in [0.1, 0.15) is 34.8 Å². The molecule has 0 aliphatic rings. The second-order valence-corrected chi connectivity index (χ2v) is 3.69. The Morgan fingerprint density at radius 1 is 1.28 bits per heavy atom. The molecule has 0 saturated carbocycles. The molecule has 0 amide bonds. The Labute approximate surface area is 102 Å². The molecule has 2 nitrogen and oxygen atoms in total. The number of hydrogen-bond donors (Lipinski definition) is 0. The van der Waals surface area contributed by atoms with E-state index >= 15 is 0 Å². The van der Waals surface area contributed by atoms with Crippen molar-refractivity contribution in [3.8, 4) is 0 Å². The van der Waals surface area contributed by atoms with Crippen molar-refractivity contribution in [2.24, 2.45) is 0 Å². The predicted octanol–water partition coefficient (Wildman–Crippen LogP) is 3.74. The van der Waals surface area contributed by atoms with Crippen molar-refractivity contribution in [3.63, 3.8) is 0 Å². The quantitative estimate of drug-likeness (QED) is 0.611. The minimum absolute atomic E-state index is 0.111. The standard InChI is InChI=1S/C12H12F4O2/c1-2-3-18-11(17)9-4-8(7-13)5-10(6-9)12(14,15)16/h4-6H,2-3,7H2,1H3. The van der Waals surface area contributed by atoms with Gasteiger partial charge in [0, 0.05) is 0 Å². The topological polar surface area (TPSA) is 26.3 Å². The molecule has 0 atom stereocenters. The van der Waals surface area contributed by atoms with Gasteiger partial charge in [-0.15, -0.1) is 0 Å². The van der Waals surface area contributed by atoms with Crippen molar-refractivity contribution in [1.82, 2.24) is 0 Å². The van der Waals surface area contributed by atoms with E-state index in [2.05, 4.69) is 0 Å². The molecule has 18 heavy (non-hydrogen) atoms. The van der Waals surface area contributed by atoms with Crippen molar-refractivity contribution >= 4 is 5.97 Å². The summed E-state index contributed by atoms with van der Waals surface area (Å²) in [7, 11) is 0. The highest BCUT2D eigenvalue weighted by Gasteiger charge is 2.31. The minimum Gasteiger partial charge on any atom is -0.462 e. The van der Waals surface area contributed by atoms with Gasteiger partial charge in [-0.2, -0.15) is 13.2 Å². The van der Waals surface area contributed by atoms with Crippen LogP contribution in [0.15, 0.2) is 18.2 Å². The summed E-state index contributed by atoms with van der Waals surface area (Å²) >= 11 is 0. The Morgan fingerprint density at radius 3 is 2.44 bits per heavy atom. The molecule has 0 fully saturated rings. The van der Waals surface area contributed by atoms with E-state index in [9.17, 15) is 22.4 Å². The molecule has 100 valence electrons. The van der Waals surface area contributed by atoms with Gasteiger partial charge in [0.2, 0.25) is 0 Å². The fraction of sp³-hybridized carbons (Fsp3) is 0.417. The van der Waals surface area contributed by atoms with Crippen LogP contribution in [0.5, 0.6) is 0 Å². The molecule has 0 aliphatic heterocycles. The summed E-state index contributed by atoms with van der Waals surface area (Å²) in [6, 6.07) is 2.40. The van der Waals surface area contributed by atoms with Gasteiger partial charge in [-0.1, -0.05) is 6.92 Å². The third kappa shape index (κ3) is 3.72. The summed E-state index contributed by atoms with van der Waals surface area (Å²) in [6.07, 6.45) is -4.06. The first kappa shape index (κ1) is 14.5. The molecule has 1 aromatic rings. The highest BCUT2D eigenvalue weighted by Crippen LogP contribution is 2.31. The van der Waals surface area contributed by atoms with Crippen LogP contribution < -0.4 is 0 Å². The summed E-state index contributed by atoms with van der Waals surface area (Å²) in [5.41, 5.74) is -1.54. The lowest BCUT2D eigenvalue weighted by molar-refractivity contribution is -0.137. The first-order valence-corrected chi connectivity index (χ1v) is 5.32. The molecule has 0 unspecified atom stereocenters. The summed E-state index contributed by atoms with van der Waals surface area (Å²) < 4.78 is 54.8. The lowest BCUT2D eigenvalue weighted by Gasteiger charge is -2.10. The average molecular weight is 264 g/mol. The Bertz CT molecular complexity index is 427. The molecule has 1 rings (SSSR count). The van der Waals surface area contributed by atoms with Crippen LogP contribution in [0.4, 0.5) is 17.6 Å². The van der Waals surface area contributed by atoms with Gasteiger partial charge in [-0.3, -0.25) is 0 Å². The third-order valence-corrected chi connectivity index (χ3v) is 2.15. The number of esters is 1. The molecule has 0 radical (unpaired) electrons. The number of carbonyl (C=O) groups excluding carboxylic acids is 1. The Balaban J connectivity index is 3.08. The molecule has 0 spiro atoms. The smallest absolute Gasteiger partial charge is 0.416 e. The highest BCUT2D eigenvalue weighted by atomic mass is 19.4. The van der Waals surface area contributed by atoms with E-state index in [-0.39, 0.29) is 17.7 Å². The second kappa shape index (κ2) is 5.84. The monoisotopic (exact) mass is 264 g/mol. The Hall–Kier alpha value is -1.59. The predicted molar refractivity (Wildman–Crippen MR) is 56.8 cm³/mol. The van der Waals surface area contributed by atoms with Crippen molar-refractivity contribution < 1.29 is 27.1 Å². The van der Waals surface area contributed by atoms with Crippen molar-refractivity contribution in [1.29, 1.82) is 0 Å². The van der Waals surface area contributed by atoms with Gasteiger partial charge < -0.3 is 4.74 Å². The highest BCUT2D eigenvalue weighted by molar-refractivity contribution is 5.89. The van der Waals surface area contributed by atoms with Crippen LogP contribution in [0, 0.1) is 0 Å². The maximum Gasteiger partial charge on any atom is 0.416 e. The number of rotatable bonds is 4. The van der Waals surface area contributed by atoms with Gasteiger partial charge in [0.15, 0.2) is 0 Å². The summed E-state index contributed by atoms with van der Waals surface area (Å²) in [4.78, 5) is 11.4. The van der Waals surface area contributed by atoms with Crippen LogP contribution in [0.2, 0.25) is 0 Å². The van der Waals surface area contributed by atoms with E-state index in [1.807, 2.05) is 0 Å². The van der Waals surface area contributed by atoms with E-state index in [1.165, 1.54) is 0 Å². The molecular weight excluding hydrogens is 252 g/mol. The molecule has 0 bridgehead atoms. The second-order valence-electron chi connectivity index (χ2n) is 3.69. The zero-order valence-electron chi connectivity index (χ0n) is 9.68. The molecule has 0 N–H and O–H groups in total. The maximum absolute atomic E-state index is 12.5. The van der Waals surface area contributed by atoms with Gasteiger partial charge in [-0.25, -0.2) is 9.18 Å². The third-order valence-electron chi connectivity index (χ3n) is 2.15. The lowest BCUT2D eigenvalue weighted by Crippen LogP contribution is -2.11. The number of benzene rings is 1. The number of hydrogen-bond acceptors (Lipinski definition) is 2. The number of alkyl halides is 4. The molecule has 0 saturated heterocycles. The summed E-state index contributed by atoms with van der Waals surface area (Å²) in [6.45, 7) is 0.796. The molecule has 6 heteroatoms. The van der Waals surface area contributed by atoms with Crippen LogP contribution >= 0.6 is 0 Å². The van der Waals surface area contributed by atoms with Crippen molar-refractivity contribution in [2.45, 2.75) is 26.2 Å². The first-order chi connectivity index (χ1) is 8.38. The molecular formula is C12H12F4O2. The fourth-order valence-electron chi connectivity index (χ4n) is 1.33. The summed E-state index contributed by atoms with van der Waals surface area (Å²) in [5.74, 6) is -0.877. The molecule has 0 heterocycles. The van der Waals surface area contributed by atoms with E-state index in [1.54, 1.807) is 6.92 Å². The number of halogens is 4. The van der Waals surface area contributed by atoms with Crippen LogP contribution in [0.25, 0.3) is 0 Å². The number of carbonyl (C=O) groups is 1. The zero-order valence-corrected chi connectivity index (χ0v) is 9.68. The van der Waals surface area contributed by atoms with Crippen LogP contribution in [-0.4, -0.2) is 12.6 Å². The van der Waals surface area contributed by atoms with Gasteiger partial charge in [0.1, 0.15) is 6.67 Å². The number of ether oxygens (including phenoxy) is 1. The SMILES string of the molecule is CCCOC(=O)c1cc(CF)cc(C(F)(F)F)c1. The van der Waals surface area contributed by atoms with Gasteiger partial charge in [-0.05, 0) is 30.2 Å². The van der Waals surface area contributed by atoms with Crippen LogP contribution in [-0.2, 0) is 17.6 Å². The fourth-order valence-corrected chi connectivity index (χ4v) is 1.33. The zero-order chi connectivity index (χ0) is 13.8. The van der Waals surface area contributed by atoms with E-state index in [4.69, 9.17) is 4.74 Å². The van der Waals surface area contributed by atoms with Crippen LogP contribution in [0.3, 0.4) is 0 Å². The first-order valence-electron chi connectivity index (χ1n) is 5.32. The average Bonchev–Trinajstić information content (AvgIpc) is 2.34. The maximum atomic E-state index is 12.5. The van der Waals surface area contributed by atoms with Gasteiger partial charge in [0.05, 0.1) is 17.7 Å². The van der Waals surface area contributed by atoms with E-state index < -0.39 is 24.4 Å². The Morgan fingerprint density at radius 2 is 1.94 bits per heavy atom. The van der Waals surface area contributed by atoms with Crippen molar-refractivity contribution in [2.75, 3.05) is 6.61 Å². The summed E-state index contributed by atoms with van der Waals surface area (Å²) in [5, 5.41) is 0. The minimum atomic E-state index is -4.62. The van der Waals surface area contributed by atoms with E-state index in [0.29, 0.717) is 18.6 Å². The van der Waals surface area contributed by atoms with Crippen molar-refractivity contribution in [3.05, 3.63) is 34.9 Å².